The SMILES string of the molecule is C1COOC1.COC(=O)c1c(C)cccc1N. The van der Waals surface area contributed by atoms with Crippen LogP contribution in [0, 0.1) is 6.92 Å². The Hall–Kier alpha value is -1.59. The number of benzene rings is 1. The van der Waals surface area contributed by atoms with Crippen LogP contribution in [0.2, 0.25) is 0 Å². The van der Waals surface area contributed by atoms with Crippen molar-refractivity contribution in [1.29, 1.82) is 0 Å². The third-order valence-corrected chi connectivity index (χ3v) is 2.23. The van der Waals surface area contributed by atoms with Gasteiger partial charge in [-0.25, -0.2) is 14.6 Å². The van der Waals surface area contributed by atoms with Gasteiger partial charge in [-0.2, -0.15) is 0 Å². The normalized spacial score (nSPS) is 13.8. The van der Waals surface area contributed by atoms with Crippen LogP contribution >= 0.6 is 0 Å². The van der Waals surface area contributed by atoms with Crippen LogP contribution in [0.1, 0.15) is 22.3 Å². The highest BCUT2D eigenvalue weighted by molar-refractivity contribution is 5.96. The molecule has 1 aliphatic heterocycles. The van der Waals surface area contributed by atoms with Gasteiger partial charge >= 0.3 is 5.97 Å². The molecule has 2 N–H and O–H groups in total. The predicted octanol–water partition coefficient (Wildman–Crippen LogP) is 1.70. The number of ether oxygens (including phenoxy) is 1. The fourth-order valence-corrected chi connectivity index (χ4v) is 1.37. The van der Waals surface area contributed by atoms with Gasteiger partial charge in [-0.15, -0.1) is 0 Å². The van der Waals surface area contributed by atoms with E-state index >= 15 is 0 Å². The van der Waals surface area contributed by atoms with Gasteiger partial charge in [-0.3, -0.25) is 0 Å². The van der Waals surface area contributed by atoms with Crippen molar-refractivity contribution < 1.29 is 19.3 Å². The molecular formula is C12H17NO4. The van der Waals surface area contributed by atoms with E-state index in [-0.39, 0.29) is 5.97 Å². The van der Waals surface area contributed by atoms with Crippen LogP contribution in [0.3, 0.4) is 0 Å². The second kappa shape index (κ2) is 6.88. The summed E-state index contributed by atoms with van der Waals surface area (Å²) in [7, 11) is 1.34. The second-order valence-electron chi connectivity index (χ2n) is 3.53. The number of hydrogen-bond donors (Lipinski definition) is 1. The number of esters is 1. The van der Waals surface area contributed by atoms with Gasteiger partial charge in [0.05, 0.1) is 25.9 Å². The lowest BCUT2D eigenvalue weighted by atomic mass is 10.1. The molecule has 0 amide bonds. The van der Waals surface area contributed by atoms with Crippen LogP contribution in [0.15, 0.2) is 18.2 Å². The van der Waals surface area contributed by atoms with E-state index in [1.165, 1.54) is 7.11 Å². The Morgan fingerprint density at radius 2 is 2.00 bits per heavy atom. The lowest BCUT2D eigenvalue weighted by Crippen LogP contribution is -2.07. The summed E-state index contributed by atoms with van der Waals surface area (Å²) in [4.78, 5) is 20.0. The number of rotatable bonds is 1. The Morgan fingerprint density at radius 1 is 1.35 bits per heavy atom. The fraction of sp³-hybridized carbons (Fsp3) is 0.417. The largest absolute Gasteiger partial charge is 0.465 e. The van der Waals surface area contributed by atoms with Gasteiger partial charge in [0.2, 0.25) is 0 Å². The fourth-order valence-electron chi connectivity index (χ4n) is 1.37. The third-order valence-electron chi connectivity index (χ3n) is 2.23. The average Bonchev–Trinajstić information content (AvgIpc) is 2.87. The van der Waals surface area contributed by atoms with Crippen molar-refractivity contribution >= 4 is 11.7 Å². The number of methoxy groups -OCH3 is 1. The monoisotopic (exact) mass is 239 g/mol. The predicted molar refractivity (Wildman–Crippen MR) is 63.5 cm³/mol. The molecule has 2 rings (SSSR count). The first-order valence-electron chi connectivity index (χ1n) is 5.34. The molecule has 0 aliphatic carbocycles. The maximum atomic E-state index is 11.2. The molecule has 1 aromatic carbocycles. The van der Waals surface area contributed by atoms with Gasteiger partial charge in [0, 0.05) is 12.1 Å². The summed E-state index contributed by atoms with van der Waals surface area (Å²) in [6, 6.07) is 5.30. The summed E-state index contributed by atoms with van der Waals surface area (Å²) in [6.07, 6.45) is 1.06. The zero-order valence-electron chi connectivity index (χ0n) is 10.1. The van der Waals surface area contributed by atoms with E-state index in [2.05, 4.69) is 14.5 Å². The molecule has 1 heterocycles. The van der Waals surface area contributed by atoms with Crippen molar-refractivity contribution in [2.75, 3.05) is 26.1 Å². The highest BCUT2D eigenvalue weighted by Crippen LogP contribution is 2.16. The van der Waals surface area contributed by atoms with Crippen molar-refractivity contribution in [3.63, 3.8) is 0 Å². The zero-order chi connectivity index (χ0) is 12.7. The molecule has 0 radical (unpaired) electrons. The quantitative estimate of drug-likeness (QED) is 0.459. The van der Waals surface area contributed by atoms with Gasteiger partial charge in [0.1, 0.15) is 0 Å². The van der Waals surface area contributed by atoms with E-state index in [0.29, 0.717) is 11.3 Å². The van der Waals surface area contributed by atoms with E-state index < -0.39 is 0 Å². The molecule has 5 nitrogen and oxygen atoms in total. The van der Waals surface area contributed by atoms with Crippen LogP contribution < -0.4 is 5.73 Å². The Balaban J connectivity index is 0.000000239. The molecule has 5 heteroatoms. The number of anilines is 1. The molecule has 0 unspecified atom stereocenters. The minimum absolute atomic E-state index is 0.384. The molecule has 0 saturated carbocycles. The first-order chi connectivity index (χ1) is 8.16. The summed E-state index contributed by atoms with van der Waals surface area (Å²) in [6.45, 7) is 3.38. The highest BCUT2D eigenvalue weighted by Gasteiger charge is 2.11. The van der Waals surface area contributed by atoms with Crippen molar-refractivity contribution in [3.8, 4) is 0 Å². The lowest BCUT2D eigenvalue weighted by molar-refractivity contribution is -0.248. The summed E-state index contributed by atoms with van der Waals surface area (Å²) in [5, 5.41) is 0. The van der Waals surface area contributed by atoms with Crippen LogP contribution in [0.4, 0.5) is 5.69 Å². The van der Waals surface area contributed by atoms with Gasteiger partial charge in [-0.05, 0) is 18.6 Å². The molecule has 1 fully saturated rings. The van der Waals surface area contributed by atoms with Crippen LogP contribution in [0.25, 0.3) is 0 Å². The Morgan fingerprint density at radius 3 is 2.41 bits per heavy atom. The van der Waals surface area contributed by atoms with Gasteiger partial charge in [-0.1, -0.05) is 12.1 Å². The molecule has 0 spiro atoms. The smallest absolute Gasteiger partial charge is 0.340 e. The van der Waals surface area contributed by atoms with Crippen molar-refractivity contribution in [2.24, 2.45) is 0 Å². The third kappa shape index (κ3) is 4.05. The molecule has 1 aromatic rings. The number of nitrogens with two attached hydrogens (primary N) is 1. The van der Waals surface area contributed by atoms with E-state index in [1.807, 2.05) is 13.0 Å². The average molecular weight is 239 g/mol. The summed E-state index contributed by atoms with van der Waals surface area (Å²) >= 11 is 0. The second-order valence-corrected chi connectivity index (χ2v) is 3.53. The van der Waals surface area contributed by atoms with Gasteiger partial charge in [0.15, 0.2) is 0 Å². The first-order valence-corrected chi connectivity index (χ1v) is 5.34. The Labute approximate surface area is 100 Å². The van der Waals surface area contributed by atoms with Crippen LogP contribution in [0.5, 0.6) is 0 Å². The molecule has 1 saturated heterocycles. The molecular weight excluding hydrogens is 222 g/mol. The number of hydrogen-bond acceptors (Lipinski definition) is 5. The summed E-state index contributed by atoms with van der Waals surface area (Å²) in [5.41, 5.74) is 7.35. The van der Waals surface area contributed by atoms with Gasteiger partial charge in [0.25, 0.3) is 0 Å². The number of carbonyl (C=O) groups excluding carboxylic acids is 1. The van der Waals surface area contributed by atoms with Crippen LogP contribution in [-0.2, 0) is 14.5 Å². The maximum Gasteiger partial charge on any atom is 0.340 e. The van der Waals surface area contributed by atoms with Crippen molar-refractivity contribution in [3.05, 3.63) is 29.3 Å². The molecule has 94 valence electrons. The molecule has 0 bridgehead atoms. The van der Waals surface area contributed by atoms with Crippen LogP contribution in [-0.4, -0.2) is 26.3 Å². The lowest BCUT2D eigenvalue weighted by Gasteiger charge is -2.05. The van der Waals surface area contributed by atoms with E-state index in [9.17, 15) is 4.79 Å². The Bertz CT molecular complexity index is 347. The maximum absolute atomic E-state index is 11.2. The van der Waals surface area contributed by atoms with Crippen molar-refractivity contribution in [2.45, 2.75) is 13.3 Å². The first kappa shape index (κ1) is 13.5. The number of aryl methyl sites for hydroxylation is 1. The molecule has 17 heavy (non-hydrogen) atoms. The van der Waals surface area contributed by atoms with E-state index in [0.717, 1.165) is 25.2 Å². The molecule has 0 aromatic heterocycles. The topological polar surface area (TPSA) is 70.8 Å². The molecule has 1 aliphatic rings. The minimum Gasteiger partial charge on any atom is -0.465 e. The zero-order valence-corrected chi connectivity index (χ0v) is 10.1. The van der Waals surface area contributed by atoms with E-state index in [1.54, 1.807) is 12.1 Å². The highest BCUT2D eigenvalue weighted by atomic mass is 17.2. The number of carbonyl (C=O) groups is 1. The number of nitrogen functional groups attached to an aromatic ring is 1. The minimum atomic E-state index is -0.384. The summed E-state index contributed by atoms with van der Waals surface area (Å²) in [5.74, 6) is -0.384. The van der Waals surface area contributed by atoms with Crippen molar-refractivity contribution in [1.82, 2.24) is 0 Å². The molecule has 0 atom stereocenters. The van der Waals surface area contributed by atoms with Gasteiger partial charge < -0.3 is 10.5 Å². The summed E-state index contributed by atoms with van der Waals surface area (Å²) < 4.78 is 4.58. The standard InChI is InChI=1S/C9H11NO2.C3H6O2/c1-6-4-3-5-7(10)8(6)9(11)12-2;1-2-4-5-3-1/h3-5H,10H2,1-2H3;1-3H2. The van der Waals surface area contributed by atoms with E-state index in [4.69, 9.17) is 5.73 Å². The Kier molecular flexibility index (Phi) is 5.45.